The normalized spacial score (nSPS) is 15.6. The molecule has 1 heterocycles. The molecule has 1 N–H and O–H groups in total. The molecule has 0 bridgehead atoms. The van der Waals surface area contributed by atoms with Gasteiger partial charge in [0.2, 0.25) is 17.5 Å². The van der Waals surface area contributed by atoms with E-state index in [1.165, 1.54) is 6.42 Å². The average Bonchev–Trinajstić information content (AvgIpc) is 2.62. The molecular weight excluding hydrogens is 220 g/mol. The molecule has 1 aromatic rings. The van der Waals surface area contributed by atoms with E-state index in [0.29, 0.717) is 17.7 Å². The van der Waals surface area contributed by atoms with Gasteiger partial charge in [-0.2, -0.15) is 0 Å². The molecule has 1 aromatic heterocycles. The highest BCUT2D eigenvalue weighted by Gasteiger charge is 2.29. The first-order valence-electron chi connectivity index (χ1n) is 6.16. The summed E-state index contributed by atoms with van der Waals surface area (Å²) in [5, 5.41) is 9.14. The van der Waals surface area contributed by atoms with E-state index in [4.69, 9.17) is 9.52 Å². The summed E-state index contributed by atoms with van der Waals surface area (Å²) >= 11 is 0. The molecule has 0 atom stereocenters. The van der Waals surface area contributed by atoms with E-state index >= 15 is 0 Å². The van der Waals surface area contributed by atoms with Gasteiger partial charge in [0.15, 0.2) is 0 Å². The Hall–Kier alpha value is -1.52. The van der Waals surface area contributed by atoms with Crippen molar-refractivity contribution < 1.29 is 14.3 Å². The van der Waals surface area contributed by atoms with Gasteiger partial charge in [-0.1, -0.05) is 6.42 Å². The second kappa shape index (κ2) is 4.77. The molecule has 94 valence electrons. The van der Waals surface area contributed by atoms with Crippen LogP contribution in [0.15, 0.2) is 4.42 Å². The van der Waals surface area contributed by atoms with Crippen LogP contribution in [-0.4, -0.2) is 29.1 Å². The summed E-state index contributed by atoms with van der Waals surface area (Å²) in [7, 11) is 0. The number of carboxylic acid groups (broad SMARTS) is 1. The van der Waals surface area contributed by atoms with Crippen LogP contribution in [0, 0.1) is 0 Å². The number of hydrogen-bond donors (Lipinski definition) is 1. The predicted octanol–water partition coefficient (Wildman–Crippen LogP) is 2.49. The van der Waals surface area contributed by atoms with E-state index in [-0.39, 0.29) is 5.69 Å². The van der Waals surface area contributed by atoms with E-state index in [1.807, 2.05) is 18.7 Å². The molecule has 5 nitrogen and oxygen atoms in total. The van der Waals surface area contributed by atoms with Crippen molar-refractivity contribution in [3.8, 4) is 0 Å². The van der Waals surface area contributed by atoms with Crippen molar-refractivity contribution in [3.63, 3.8) is 0 Å². The lowest BCUT2D eigenvalue weighted by atomic mass is 9.85. The molecule has 0 spiro atoms. The summed E-state index contributed by atoms with van der Waals surface area (Å²) in [5.41, 5.74) is 0.0515. The van der Waals surface area contributed by atoms with Crippen LogP contribution >= 0.6 is 0 Å². The minimum Gasteiger partial charge on any atom is -0.476 e. The fraction of sp³-hybridized carbons (Fsp3) is 0.667. The van der Waals surface area contributed by atoms with Crippen LogP contribution in [0.1, 0.15) is 55.4 Å². The van der Waals surface area contributed by atoms with Crippen molar-refractivity contribution in [3.05, 3.63) is 11.6 Å². The van der Waals surface area contributed by atoms with Gasteiger partial charge < -0.3 is 14.4 Å². The van der Waals surface area contributed by atoms with Crippen molar-refractivity contribution >= 4 is 11.9 Å². The summed E-state index contributed by atoms with van der Waals surface area (Å²) in [5.74, 6) is 0.304. The molecule has 1 fully saturated rings. The topological polar surface area (TPSA) is 66.6 Å². The Kier molecular flexibility index (Phi) is 3.36. The summed E-state index contributed by atoms with van der Waals surface area (Å²) in [6.45, 7) is 5.38. The molecule has 0 aromatic carbocycles. The van der Waals surface area contributed by atoms with Gasteiger partial charge in [0.1, 0.15) is 0 Å². The number of oxazole rings is 1. The lowest BCUT2D eigenvalue weighted by Crippen LogP contribution is -2.23. The number of carboxylic acids is 1. The van der Waals surface area contributed by atoms with Gasteiger partial charge in [-0.05, 0) is 26.7 Å². The van der Waals surface area contributed by atoms with E-state index < -0.39 is 5.97 Å². The van der Waals surface area contributed by atoms with Gasteiger partial charge in [0.25, 0.3) is 0 Å². The third-order valence-corrected chi connectivity index (χ3v) is 3.33. The van der Waals surface area contributed by atoms with Crippen LogP contribution in [0.5, 0.6) is 0 Å². The van der Waals surface area contributed by atoms with E-state index in [0.717, 1.165) is 25.9 Å². The lowest BCUT2D eigenvalue weighted by molar-refractivity contribution is 0.0691. The predicted molar refractivity (Wildman–Crippen MR) is 63.6 cm³/mol. The summed E-state index contributed by atoms with van der Waals surface area (Å²) in [6.07, 6.45) is 3.28. The minimum atomic E-state index is -1.01. The lowest BCUT2D eigenvalue weighted by Gasteiger charge is -2.22. The first-order valence-corrected chi connectivity index (χ1v) is 6.16. The molecule has 0 amide bonds. The molecule has 0 unspecified atom stereocenters. The van der Waals surface area contributed by atoms with Crippen molar-refractivity contribution in [1.29, 1.82) is 0 Å². The first-order chi connectivity index (χ1) is 8.17. The molecule has 2 rings (SSSR count). The number of rotatable bonds is 5. The molecule has 5 heteroatoms. The quantitative estimate of drug-likeness (QED) is 0.853. The third kappa shape index (κ3) is 2.14. The molecule has 1 aliphatic carbocycles. The van der Waals surface area contributed by atoms with Crippen molar-refractivity contribution in [2.75, 3.05) is 18.0 Å². The molecule has 0 aliphatic heterocycles. The largest absolute Gasteiger partial charge is 0.476 e. The Morgan fingerprint density at radius 1 is 1.47 bits per heavy atom. The Morgan fingerprint density at radius 2 is 2.12 bits per heavy atom. The maximum Gasteiger partial charge on any atom is 0.360 e. The summed E-state index contributed by atoms with van der Waals surface area (Å²) in [6, 6.07) is 0. The third-order valence-electron chi connectivity index (χ3n) is 3.33. The smallest absolute Gasteiger partial charge is 0.360 e. The second-order valence-electron chi connectivity index (χ2n) is 4.31. The molecule has 17 heavy (non-hydrogen) atoms. The van der Waals surface area contributed by atoms with Gasteiger partial charge in [-0.15, -0.1) is 0 Å². The Morgan fingerprint density at radius 3 is 2.53 bits per heavy atom. The minimum absolute atomic E-state index is 0.0515. The zero-order valence-electron chi connectivity index (χ0n) is 10.3. The maximum absolute atomic E-state index is 11.2. The van der Waals surface area contributed by atoms with Crippen molar-refractivity contribution in [2.45, 2.75) is 39.0 Å². The molecule has 0 radical (unpaired) electrons. The summed E-state index contributed by atoms with van der Waals surface area (Å²) in [4.78, 5) is 17.2. The first kappa shape index (κ1) is 12.0. The fourth-order valence-electron chi connectivity index (χ4n) is 2.02. The Balaban J connectivity index is 2.33. The maximum atomic E-state index is 11.2. The van der Waals surface area contributed by atoms with Crippen LogP contribution in [0.3, 0.4) is 0 Å². The highest BCUT2D eigenvalue weighted by atomic mass is 16.4. The van der Waals surface area contributed by atoms with Crippen molar-refractivity contribution in [2.24, 2.45) is 0 Å². The van der Waals surface area contributed by atoms with Crippen LogP contribution in [0.4, 0.5) is 5.88 Å². The van der Waals surface area contributed by atoms with Crippen LogP contribution < -0.4 is 4.90 Å². The fourth-order valence-corrected chi connectivity index (χ4v) is 2.02. The number of anilines is 1. The molecule has 1 aliphatic rings. The van der Waals surface area contributed by atoms with Gasteiger partial charge in [-0.25, -0.2) is 9.78 Å². The standard InChI is InChI=1S/C12H18N2O3/c1-3-14(4-2)11-9(12(15)16)13-10(17-11)8-6-5-7-8/h8H,3-7H2,1-2H3,(H,15,16). The van der Waals surface area contributed by atoms with E-state index in [9.17, 15) is 4.79 Å². The number of hydrogen-bond acceptors (Lipinski definition) is 4. The SMILES string of the molecule is CCN(CC)c1oc(C2CCC2)nc1C(=O)O. The number of aromatic carboxylic acids is 1. The van der Waals surface area contributed by atoms with Gasteiger partial charge in [0.05, 0.1) is 0 Å². The van der Waals surface area contributed by atoms with Gasteiger partial charge >= 0.3 is 5.97 Å². The zero-order valence-corrected chi connectivity index (χ0v) is 10.3. The number of nitrogens with zero attached hydrogens (tertiary/aromatic N) is 2. The van der Waals surface area contributed by atoms with Gasteiger partial charge in [0, 0.05) is 19.0 Å². The number of carbonyl (C=O) groups is 1. The molecular formula is C12H18N2O3. The summed E-state index contributed by atoms with van der Waals surface area (Å²) < 4.78 is 5.66. The second-order valence-corrected chi connectivity index (χ2v) is 4.31. The van der Waals surface area contributed by atoms with Crippen LogP contribution in [0.25, 0.3) is 0 Å². The Labute approximate surface area is 100 Å². The van der Waals surface area contributed by atoms with Gasteiger partial charge in [-0.3, -0.25) is 0 Å². The van der Waals surface area contributed by atoms with E-state index in [1.54, 1.807) is 0 Å². The average molecular weight is 238 g/mol. The zero-order chi connectivity index (χ0) is 12.4. The van der Waals surface area contributed by atoms with E-state index in [2.05, 4.69) is 4.98 Å². The number of aromatic nitrogens is 1. The molecule has 0 saturated heterocycles. The molecule has 1 saturated carbocycles. The van der Waals surface area contributed by atoms with Crippen molar-refractivity contribution in [1.82, 2.24) is 4.98 Å². The van der Waals surface area contributed by atoms with Crippen LogP contribution in [0.2, 0.25) is 0 Å². The highest BCUT2D eigenvalue weighted by Crippen LogP contribution is 2.38. The van der Waals surface area contributed by atoms with Crippen LogP contribution in [-0.2, 0) is 0 Å². The highest BCUT2D eigenvalue weighted by molar-refractivity contribution is 5.90. The Bertz CT molecular complexity index is 406. The monoisotopic (exact) mass is 238 g/mol.